The highest BCUT2D eigenvalue weighted by atomic mass is 16.6. The number of β-lactam (4-membered cyclic amide) rings is 1. The standard InChI is InChI=1S/C18H17N3O3/c1-17(2)19-20-18(24-17)15(23-14-11-7-4-8-12-14)16(22)21(18)13-9-5-3-6-10-13/h3-12,15H,1-2H3/t15-,18+/m1/s1. The second-order valence-electron chi connectivity index (χ2n) is 6.23. The van der Waals surface area contributed by atoms with Crippen molar-refractivity contribution in [3.05, 3.63) is 60.7 Å². The lowest BCUT2D eigenvalue weighted by molar-refractivity contribution is -0.193. The van der Waals surface area contributed by atoms with Crippen LogP contribution in [-0.2, 0) is 9.53 Å². The van der Waals surface area contributed by atoms with Crippen LogP contribution in [0.25, 0.3) is 0 Å². The van der Waals surface area contributed by atoms with Crippen LogP contribution in [0.1, 0.15) is 13.8 Å². The Labute approximate surface area is 139 Å². The van der Waals surface area contributed by atoms with Gasteiger partial charge in [-0.2, -0.15) is 5.11 Å². The van der Waals surface area contributed by atoms with Gasteiger partial charge in [0.05, 0.1) is 0 Å². The van der Waals surface area contributed by atoms with Crippen molar-refractivity contribution < 1.29 is 14.3 Å². The number of rotatable bonds is 3. The Bertz CT molecular complexity index is 792. The number of benzene rings is 2. The van der Waals surface area contributed by atoms with Crippen molar-refractivity contribution in [3.8, 4) is 5.75 Å². The summed E-state index contributed by atoms with van der Waals surface area (Å²) in [6.45, 7) is 3.60. The zero-order valence-electron chi connectivity index (χ0n) is 13.4. The Balaban J connectivity index is 1.70. The van der Waals surface area contributed by atoms with Crippen LogP contribution in [0.5, 0.6) is 5.75 Å². The number of hydrogen-bond acceptors (Lipinski definition) is 5. The molecular formula is C18H17N3O3. The van der Waals surface area contributed by atoms with Crippen LogP contribution in [0.15, 0.2) is 70.9 Å². The first-order chi connectivity index (χ1) is 11.5. The van der Waals surface area contributed by atoms with E-state index in [1.165, 1.54) is 4.90 Å². The van der Waals surface area contributed by atoms with Gasteiger partial charge in [-0.15, -0.1) is 5.11 Å². The maximum absolute atomic E-state index is 12.8. The highest BCUT2D eigenvalue weighted by molar-refractivity contribution is 6.06. The molecule has 1 fully saturated rings. The minimum Gasteiger partial charge on any atom is -0.473 e. The molecule has 0 aliphatic carbocycles. The fourth-order valence-electron chi connectivity index (χ4n) is 2.94. The van der Waals surface area contributed by atoms with E-state index in [2.05, 4.69) is 10.2 Å². The molecule has 1 amide bonds. The molecule has 2 atom stereocenters. The third-order valence-electron chi connectivity index (χ3n) is 3.95. The van der Waals surface area contributed by atoms with E-state index in [9.17, 15) is 4.79 Å². The summed E-state index contributed by atoms with van der Waals surface area (Å²) in [5.41, 5.74) is -0.112. The Morgan fingerprint density at radius 2 is 1.62 bits per heavy atom. The van der Waals surface area contributed by atoms with E-state index in [-0.39, 0.29) is 5.91 Å². The van der Waals surface area contributed by atoms with Gasteiger partial charge in [0.1, 0.15) is 5.75 Å². The van der Waals surface area contributed by atoms with Crippen LogP contribution in [0, 0.1) is 0 Å². The Morgan fingerprint density at radius 1 is 1.00 bits per heavy atom. The number of para-hydroxylation sites is 2. The number of hydrogen-bond donors (Lipinski definition) is 0. The summed E-state index contributed by atoms with van der Waals surface area (Å²) in [5.74, 6) is -0.884. The van der Waals surface area contributed by atoms with E-state index in [1.807, 2.05) is 48.5 Å². The highest BCUT2D eigenvalue weighted by Gasteiger charge is 2.69. The monoisotopic (exact) mass is 323 g/mol. The molecule has 4 rings (SSSR count). The van der Waals surface area contributed by atoms with Gasteiger partial charge in [-0.3, -0.25) is 9.69 Å². The summed E-state index contributed by atoms with van der Waals surface area (Å²) in [6, 6.07) is 18.5. The van der Waals surface area contributed by atoms with Crippen LogP contribution in [0.3, 0.4) is 0 Å². The van der Waals surface area contributed by atoms with Gasteiger partial charge in [-0.1, -0.05) is 36.4 Å². The van der Waals surface area contributed by atoms with Crippen LogP contribution < -0.4 is 9.64 Å². The fraction of sp³-hybridized carbons (Fsp3) is 0.278. The average molecular weight is 323 g/mol. The van der Waals surface area contributed by atoms with Gasteiger partial charge in [0.2, 0.25) is 6.10 Å². The van der Waals surface area contributed by atoms with Crippen LogP contribution in [0.2, 0.25) is 0 Å². The second-order valence-corrected chi connectivity index (χ2v) is 6.23. The molecule has 6 heteroatoms. The van der Waals surface area contributed by atoms with Gasteiger partial charge >= 0.3 is 5.85 Å². The molecule has 24 heavy (non-hydrogen) atoms. The molecule has 2 aromatic carbocycles. The summed E-state index contributed by atoms with van der Waals surface area (Å²) in [7, 11) is 0. The molecule has 2 aliphatic heterocycles. The zero-order chi connectivity index (χ0) is 16.8. The van der Waals surface area contributed by atoms with Gasteiger partial charge in [0, 0.05) is 5.69 Å². The minimum atomic E-state index is -1.27. The van der Waals surface area contributed by atoms with E-state index >= 15 is 0 Å². The molecule has 0 radical (unpaired) electrons. The predicted molar refractivity (Wildman–Crippen MR) is 87.5 cm³/mol. The quantitative estimate of drug-likeness (QED) is 0.814. The molecule has 1 spiro atoms. The number of carbonyl (C=O) groups is 1. The molecule has 0 unspecified atom stereocenters. The van der Waals surface area contributed by atoms with Crippen LogP contribution in [0.4, 0.5) is 5.69 Å². The molecule has 0 bridgehead atoms. The van der Waals surface area contributed by atoms with Crippen molar-refractivity contribution in [2.45, 2.75) is 31.5 Å². The van der Waals surface area contributed by atoms with Crippen molar-refractivity contribution in [2.75, 3.05) is 4.90 Å². The van der Waals surface area contributed by atoms with E-state index in [1.54, 1.807) is 26.0 Å². The van der Waals surface area contributed by atoms with Crippen molar-refractivity contribution in [1.82, 2.24) is 0 Å². The topological polar surface area (TPSA) is 63.5 Å². The lowest BCUT2D eigenvalue weighted by atomic mass is 9.99. The van der Waals surface area contributed by atoms with Gasteiger partial charge in [-0.05, 0) is 38.1 Å². The highest BCUT2D eigenvalue weighted by Crippen LogP contribution is 2.47. The fourth-order valence-corrected chi connectivity index (χ4v) is 2.94. The molecule has 2 aliphatic rings. The predicted octanol–water partition coefficient (Wildman–Crippen LogP) is 3.35. The first-order valence-corrected chi connectivity index (χ1v) is 7.77. The number of azo groups is 1. The Morgan fingerprint density at radius 3 is 2.21 bits per heavy atom. The summed E-state index contributed by atoms with van der Waals surface area (Å²) in [6.07, 6.45) is -0.870. The molecule has 0 N–H and O–H groups in total. The van der Waals surface area contributed by atoms with Crippen molar-refractivity contribution in [3.63, 3.8) is 0 Å². The largest absolute Gasteiger partial charge is 0.473 e. The van der Waals surface area contributed by atoms with Crippen molar-refractivity contribution >= 4 is 11.6 Å². The maximum atomic E-state index is 12.8. The lowest BCUT2D eigenvalue weighted by Gasteiger charge is -2.50. The van der Waals surface area contributed by atoms with E-state index in [4.69, 9.17) is 9.47 Å². The number of amides is 1. The Hall–Kier alpha value is -2.73. The summed E-state index contributed by atoms with van der Waals surface area (Å²) < 4.78 is 11.9. The van der Waals surface area contributed by atoms with Gasteiger partial charge in [-0.25, -0.2) is 0 Å². The van der Waals surface area contributed by atoms with E-state index < -0.39 is 17.7 Å². The smallest absolute Gasteiger partial charge is 0.314 e. The first kappa shape index (κ1) is 14.8. The van der Waals surface area contributed by atoms with E-state index in [0.29, 0.717) is 11.4 Å². The number of anilines is 1. The third kappa shape index (κ3) is 2.18. The third-order valence-corrected chi connectivity index (χ3v) is 3.95. The summed E-state index contributed by atoms with van der Waals surface area (Å²) in [5, 5.41) is 8.47. The van der Waals surface area contributed by atoms with Gasteiger partial charge in [0.15, 0.2) is 5.72 Å². The summed E-state index contributed by atoms with van der Waals surface area (Å²) >= 11 is 0. The molecule has 2 heterocycles. The van der Waals surface area contributed by atoms with Gasteiger partial charge in [0.25, 0.3) is 5.91 Å². The second kappa shape index (κ2) is 5.14. The first-order valence-electron chi connectivity index (χ1n) is 7.77. The lowest BCUT2D eigenvalue weighted by Crippen LogP contribution is -2.77. The van der Waals surface area contributed by atoms with Crippen molar-refractivity contribution in [2.24, 2.45) is 10.2 Å². The number of nitrogens with zero attached hydrogens (tertiary/aromatic N) is 3. The molecular weight excluding hydrogens is 306 g/mol. The zero-order valence-corrected chi connectivity index (χ0v) is 13.4. The van der Waals surface area contributed by atoms with Crippen LogP contribution in [-0.4, -0.2) is 23.6 Å². The molecule has 0 saturated carbocycles. The summed E-state index contributed by atoms with van der Waals surface area (Å²) in [4.78, 5) is 14.3. The average Bonchev–Trinajstić information content (AvgIpc) is 2.92. The van der Waals surface area contributed by atoms with Gasteiger partial charge < -0.3 is 9.47 Å². The Kier molecular flexibility index (Phi) is 3.18. The molecule has 122 valence electrons. The molecule has 6 nitrogen and oxygen atoms in total. The van der Waals surface area contributed by atoms with E-state index in [0.717, 1.165) is 0 Å². The SMILES string of the molecule is CC1(C)N=N[C@@]2(O1)[C@H](Oc1ccccc1)C(=O)N2c1ccccc1. The molecule has 1 saturated heterocycles. The normalized spacial score (nSPS) is 27.3. The number of ether oxygens (including phenoxy) is 2. The minimum absolute atomic E-state index is 0.207. The van der Waals surface area contributed by atoms with Crippen LogP contribution >= 0.6 is 0 Å². The molecule has 0 aromatic heterocycles. The maximum Gasteiger partial charge on any atom is 0.314 e. The van der Waals surface area contributed by atoms with Crippen molar-refractivity contribution in [1.29, 1.82) is 0 Å². The molecule has 2 aromatic rings. The number of carbonyl (C=O) groups excluding carboxylic acids is 1.